The fourth-order valence-electron chi connectivity index (χ4n) is 4.63. The van der Waals surface area contributed by atoms with Crippen LogP contribution in [0.1, 0.15) is 27.9 Å². The summed E-state index contributed by atoms with van der Waals surface area (Å²) in [6, 6.07) is 22.7. The monoisotopic (exact) mass is 525 g/mol. The maximum Gasteiger partial charge on any atom is 0.238 e. The van der Waals surface area contributed by atoms with Crippen molar-refractivity contribution in [2.75, 3.05) is 20.8 Å². The summed E-state index contributed by atoms with van der Waals surface area (Å²) in [5.74, 6) is 1.96. The van der Waals surface area contributed by atoms with Crippen molar-refractivity contribution >= 4 is 27.3 Å². The molecule has 2 aromatic carbocycles. The summed E-state index contributed by atoms with van der Waals surface area (Å²) in [5.41, 5.74) is 3.51. The average molecular weight is 526 g/mol. The van der Waals surface area contributed by atoms with Crippen LogP contribution in [0.3, 0.4) is 0 Å². The molecule has 1 aliphatic heterocycles. The Bertz CT molecular complexity index is 1580. The smallest absolute Gasteiger partial charge is 0.238 e. The summed E-state index contributed by atoms with van der Waals surface area (Å²) >= 11 is 1.78. The molecule has 0 radical (unpaired) electrons. The fraction of sp³-hybridized carbons (Fsp3) is 0.207. The molecule has 0 bridgehead atoms. The third-order valence-corrected chi connectivity index (χ3v) is 7.79. The second kappa shape index (κ2) is 10.2. The van der Waals surface area contributed by atoms with E-state index >= 15 is 0 Å². The maximum absolute atomic E-state index is 5.83. The molecular weight excluding hydrogens is 498 g/mol. The van der Waals surface area contributed by atoms with Crippen LogP contribution in [0.25, 0.3) is 15.8 Å². The van der Waals surface area contributed by atoms with Crippen LogP contribution < -0.4 is 9.47 Å². The largest absolute Gasteiger partial charge is 0.497 e. The Morgan fingerprint density at radius 1 is 1.03 bits per heavy atom. The van der Waals surface area contributed by atoms with Crippen molar-refractivity contribution < 1.29 is 14.3 Å². The van der Waals surface area contributed by atoms with Gasteiger partial charge in [0.2, 0.25) is 5.88 Å². The van der Waals surface area contributed by atoms with E-state index in [0.29, 0.717) is 30.6 Å². The summed E-state index contributed by atoms with van der Waals surface area (Å²) in [5, 5.41) is 5.73. The van der Waals surface area contributed by atoms with E-state index in [1.807, 2.05) is 42.0 Å². The van der Waals surface area contributed by atoms with Crippen molar-refractivity contribution in [3.63, 3.8) is 0 Å². The Labute approximate surface area is 224 Å². The molecule has 192 valence electrons. The summed E-state index contributed by atoms with van der Waals surface area (Å²) in [6.07, 6.45) is 3.69. The van der Waals surface area contributed by atoms with Gasteiger partial charge in [-0.15, -0.1) is 11.3 Å². The SMILES string of the molecule is COc1ccc(CN2C(c3ccc(-n4cnc(C)c4)c(OC)n3)=NOC[C@@H]2c2cc3ccccc3s2)cc1. The van der Waals surface area contributed by atoms with Gasteiger partial charge in [0, 0.05) is 22.3 Å². The number of amidine groups is 1. The molecule has 0 amide bonds. The van der Waals surface area contributed by atoms with Gasteiger partial charge in [0.25, 0.3) is 0 Å². The average Bonchev–Trinajstić information content (AvgIpc) is 3.59. The standard InChI is InChI=1S/C29H27N5O3S/c1-19-15-33(18-30-19)24-13-12-23(31-29(24)36-3)28-32-37-17-25(27-14-21-6-4-5-7-26(21)38-27)34(28)16-20-8-10-22(35-2)11-9-20/h4-15,18,25H,16-17H2,1-3H3/t25-/m1/s1. The molecule has 0 aliphatic carbocycles. The summed E-state index contributed by atoms with van der Waals surface area (Å²) < 4.78 is 14.2. The minimum absolute atomic E-state index is 0.0363. The number of thiophene rings is 1. The molecule has 8 nitrogen and oxygen atoms in total. The summed E-state index contributed by atoms with van der Waals surface area (Å²) in [7, 11) is 3.29. The predicted molar refractivity (Wildman–Crippen MR) is 148 cm³/mol. The van der Waals surface area contributed by atoms with Crippen LogP contribution in [0.2, 0.25) is 0 Å². The van der Waals surface area contributed by atoms with E-state index < -0.39 is 0 Å². The lowest BCUT2D eigenvalue weighted by atomic mass is 10.1. The highest BCUT2D eigenvalue weighted by Crippen LogP contribution is 2.36. The zero-order valence-corrected chi connectivity index (χ0v) is 22.2. The predicted octanol–water partition coefficient (Wildman–Crippen LogP) is 5.74. The molecule has 1 atom stereocenters. The topological polar surface area (TPSA) is 74.0 Å². The zero-order chi connectivity index (χ0) is 26.1. The van der Waals surface area contributed by atoms with Gasteiger partial charge in [0.1, 0.15) is 29.8 Å². The Morgan fingerprint density at radius 3 is 2.61 bits per heavy atom. The van der Waals surface area contributed by atoms with Crippen molar-refractivity contribution in [3.8, 4) is 17.3 Å². The van der Waals surface area contributed by atoms with E-state index in [1.54, 1.807) is 31.9 Å². The number of ether oxygens (including phenoxy) is 2. The van der Waals surface area contributed by atoms with E-state index in [4.69, 9.17) is 19.3 Å². The van der Waals surface area contributed by atoms with Gasteiger partial charge in [-0.2, -0.15) is 0 Å². The van der Waals surface area contributed by atoms with Crippen LogP contribution in [0.5, 0.6) is 11.6 Å². The highest BCUT2D eigenvalue weighted by molar-refractivity contribution is 7.19. The number of aryl methyl sites for hydroxylation is 1. The number of rotatable bonds is 7. The van der Waals surface area contributed by atoms with Crippen LogP contribution >= 0.6 is 11.3 Å². The third-order valence-electron chi connectivity index (χ3n) is 6.57. The van der Waals surface area contributed by atoms with Gasteiger partial charge in [-0.3, -0.25) is 0 Å². The molecule has 0 saturated carbocycles. The molecule has 6 rings (SSSR count). The maximum atomic E-state index is 5.83. The Hall–Kier alpha value is -4.37. The third kappa shape index (κ3) is 4.56. The number of aromatic nitrogens is 3. The molecule has 9 heteroatoms. The molecule has 0 saturated heterocycles. The van der Waals surface area contributed by atoms with Gasteiger partial charge in [0.05, 0.1) is 26.2 Å². The van der Waals surface area contributed by atoms with E-state index in [0.717, 1.165) is 22.7 Å². The van der Waals surface area contributed by atoms with Crippen molar-refractivity contribution in [1.29, 1.82) is 0 Å². The van der Waals surface area contributed by atoms with Gasteiger partial charge < -0.3 is 23.8 Å². The number of oxime groups is 1. The number of hydrogen-bond acceptors (Lipinski definition) is 8. The van der Waals surface area contributed by atoms with Gasteiger partial charge in [0.15, 0.2) is 5.84 Å². The van der Waals surface area contributed by atoms with Crippen molar-refractivity contribution in [2.45, 2.75) is 19.5 Å². The van der Waals surface area contributed by atoms with Crippen molar-refractivity contribution in [3.05, 3.63) is 101 Å². The summed E-state index contributed by atoms with van der Waals surface area (Å²) in [6.45, 7) is 3.01. The van der Waals surface area contributed by atoms with Crippen LogP contribution in [0, 0.1) is 6.92 Å². The van der Waals surface area contributed by atoms with Crippen molar-refractivity contribution in [1.82, 2.24) is 19.4 Å². The first kappa shape index (κ1) is 24.0. The Morgan fingerprint density at radius 2 is 1.87 bits per heavy atom. The minimum Gasteiger partial charge on any atom is -0.497 e. The molecule has 4 heterocycles. The Kier molecular flexibility index (Phi) is 6.43. The van der Waals surface area contributed by atoms with Gasteiger partial charge in [-0.05, 0) is 54.3 Å². The summed E-state index contributed by atoms with van der Waals surface area (Å²) in [4.78, 5) is 18.5. The number of pyridine rings is 1. The van der Waals surface area contributed by atoms with Crippen molar-refractivity contribution in [2.24, 2.45) is 5.16 Å². The number of hydrogen-bond donors (Lipinski definition) is 0. The molecule has 5 aromatic rings. The van der Waals surface area contributed by atoms with E-state index in [-0.39, 0.29) is 6.04 Å². The number of imidazole rings is 1. The van der Waals surface area contributed by atoms with Gasteiger partial charge in [-0.25, -0.2) is 9.97 Å². The Balaban J connectivity index is 1.41. The van der Waals surface area contributed by atoms with E-state index in [2.05, 4.69) is 57.5 Å². The van der Waals surface area contributed by atoms with E-state index in [1.165, 1.54) is 15.0 Å². The number of fused-ring (bicyclic) bond motifs is 1. The molecule has 1 aliphatic rings. The second-order valence-electron chi connectivity index (χ2n) is 9.04. The molecule has 0 N–H and O–H groups in total. The minimum atomic E-state index is -0.0363. The molecular formula is C29H27N5O3S. The zero-order valence-electron chi connectivity index (χ0n) is 21.4. The molecule has 38 heavy (non-hydrogen) atoms. The van der Waals surface area contributed by atoms with Crippen LogP contribution in [0.15, 0.2) is 84.4 Å². The second-order valence-corrected chi connectivity index (χ2v) is 10.2. The quantitative estimate of drug-likeness (QED) is 0.270. The van der Waals surface area contributed by atoms with Crippen LogP contribution in [-0.2, 0) is 11.4 Å². The number of benzene rings is 2. The lowest BCUT2D eigenvalue weighted by Crippen LogP contribution is -2.40. The molecule has 0 unspecified atom stereocenters. The van der Waals surface area contributed by atoms with Gasteiger partial charge in [-0.1, -0.05) is 35.5 Å². The first-order valence-corrected chi connectivity index (χ1v) is 13.1. The first-order valence-electron chi connectivity index (χ1n) is 12.3. The molecule has 0 fully saturated rings. The van der Waals surface area contributed by atoms with E-state index in [9.17, 15) is 0 Å². The molecule has 0 spiro atoms. The lowest BCUT2D eigenvalue weighted by Gasteiger charge is -2.35. The fourth-order valence-corrected chi connectivity index (χ4v) is 5.79. The number of methoxy groups -OCH3 is 2. The highest BCUT2D eigenvalue weighted by atomic mass is 32.1. The highest BCUT2D eigenvalue weighted by Gasteiger charge is 2.32. The molecule has 3 aromatic heterocycles. The van der Waals surface area contributed by atoms with Crippen LogP contribution in [-0.4, -0.2) is 46.1 Å². The van der Waals surface area contributed by atoms with Gasteiger partial charge >= 0.3 is 0 Å². The normalized spacial score (nSPS) is 15.3. The first-order chi connectivity index (χ1) is 18.6. The van der Waals surface area contributed by atoms with Crippen LogP contribution in [0.4, 0.5) is 0 Å². The lowest BCUT2D eigenvalue weighted by molar-refractivity contribution is 0.0594. The number of nitrogens with zero attached hydrogens (tertiary/aromatic N) is 5.